The molecule has 3 heteroatoms. The van der Waals surface area contributed by atoms with Crippen molar-refractivity contribution < 1.29 is 9.84 Å². The number of benzene rings is 1. The molecule has 1 heterocycles. The van der Waals surface area contributed by atoms with E-state index in [1.54, 1.807) is 26.4 Å². The summed E-state index contributed by atoms with van der Waals surface area (Å²) in [6, 6.07) is 11.7. The second-order valence-corrected chi connectivity index (χ2v) is 4.55. The van der Waals surface area contributed by atoms with Crippen LogP contribution in [-0.2, 0) is 12.0 Å². The fraction of sp³-hybridized carbons (Fsp3) is 0.267. The van der Waals surface area contributed by atoms with E-state index in [-0.39, 0.29) is 0 Å². The number of pyridine rings is 1. The minimum Gasteiger partial charge on any atom is -0.495 e. The predicted molar refractivity (Wildman–Crippen MR) is 70.5 cm³/mol. The molecule has 0 aliphatic carbocycles. The Labute approximate surface area is 107 Å². The Morgan fingerprint density at radius 3 is 2.61 bits per heavy atom. The van der Waals surface area contributed by atoms with Gasteiger partial charge in [-0.25, -0.2) is 0 Å². The normalized spacial score (nSPS) is 13.9. The van der Waals surface area contributed by atoms with Crippen LogP contribution in [0, 0.1) is 0 Å². The molecule has 1 N–H and O–H groups in total. The second kappa shape index (κ2) is 5.19. The van der Waals surface area contributed by atoms with Crippen LogP contribution in [0.3, 0.4) is 0 Å². The number of nitrogens with zero attached hydrogens (tertiary/aromatic N) is 1. The molecule has 2 aromatic rings. The molecule has 1 aromatic carbocycles. The van der Waals surface area contributed by atoms with Crippen LogP contribution in [0.5, 0.6) is 5.75 Å². The van der Waals surface area contributed by atoms with Gasteiger partial charge >= 0.3 is 0 Å². The zero-order valence-electron chi connectivity index (χ0n) is 10.6. The Kier molecular flexibility index (Phi) is 3.63. The van der Waals surface area contributed by atoms with Gasteiger partial charge in [0.1, 0.15) is 5.75 Å². The summed E-state index contributed by atoms with van der Waals surface area (Å²) in [4.78, 5) is 4.08. The lowest BCUT2D eigenvalue weighted by atomic mass is 9.90. The molecule has 0 amide bonds. The Bertz CT molecular complexity index is 509. The van der Waals surface area contributed by atoms with Crippen molar-refractivity contribution in [2.75, 3.05) is 7.11 Å². The molecule has 0 aliphatic heterocycles. The largest absolute Gasteiger partial charge is 0.495 e. The second-order valence-electron chi connectivity index (χ2n) is 4.55. The maximum atomic E-state index is 10.6. The lowest BCUT2D eigenvalue weighted by Gasteiger charge is -2.24. The average Bonchev–Trinajstić information content (AvgIpc) is 2.39. The van der Waals surface area contributed by atoms with Gasteiger partial charge in [-0.2, -0.15) is 0 Å². The summed E-state index contributed by atoms with van der Waals surface area (Å²) >= 11 is 0. The minimum atomic E-state index is -0.955. The monoisotopic (exact) mass is 243 g/mol. The van der Waals surface area contributed by atoms with Crippen molar-refractivity contribution >= 4 is 0 Å². The fourth-order valence-electron chi connectivity index (χ4n) is 1.92. The predicted octanol–water partition coefficient (Wildman–Crippen LogP) is 2.54. The van der Waals surface area contributed by atoms with Crippen LogP contribution in [0.4, 0.5) is 0 Å². The highest BCUT2D eigenvalue weighted by Gasteiger charge is 2.24. The van der Waals surface area contributed by atoms with E-state index in [2.05, 4.69) is 4.98 Å². The summed E-state index contributed by atoms with van der Waals surface area (Å²) in [6.45, 7) is 1.79. The van der Waals surface area contributed by atoms with Crippen molar-refractivity contribution in [2.45, 2.75) is 18.9 Å². The van der Waals surface area contributed by atoms with Crippen molar-refractivity contribution in [3.63, 3.8) is 0 Å². The zero-order valence-corrected chi connectivity index (χ0v) is 10.6. The smallest absolute Gasteiger partial charge is 0.137 e. The summed E-state index contributed by atoms with van der Waals surface area (Å²) < 4.78 is 5.13. The summed E-state index contributed by atoms with van der Waals surface area (Å²) in [7, 11) is 1.59. The topological polar surface area (TPSA) is 42.4 Å². The molecule has 1 unspecified atom stereocenters. The first-order valence-electron chi connectivity index (χ1n) is 5.87. The van der Waals surface area contributed by atoms with Crippen molar-refractivity contribution in [3.05, 3.63) is 59.9 Å². The Balaban J connectivity index is 2.24. The van der Waals surface area contributed by atoms with Crippen molar-refractivity contribution in [3.8, 4) is 5.75 Å². The molecular weight excluding hydrogens is 226 g/mol. The third-order valence-electron chi connectivity index (χ3n) is 2.96. The molecule has 0 fully saturated rings. The maximum absolute atomic E-state index is 10.6. The Hall–Kier alpha value is -1.87. The van der Waals surface area contributed by atoms with E-state index in [1.807, 2.05) is 36.4 Å². The molecule has 0 saturated carbocycles. The van der Waals surface area contributed by atoms with E-state index in [0.717, 1.165) is 11.1 Å². The fourth-order valence-corrected chi connectivity index (χ4v) is 1.92. The van der Waals surface area contributed by atoms with Gasteiger partial charge in [0.2, 0.25) is 0 Å². The third kappa shape index (κ3) is 2.87. The van der Waals surface area contributed by atoms with E-state index in [1.165, 1.54) is 0 Å². The molecule has 0 spiro atoms. The quantitative estimate of drug-likeness (QED) is 0.897. The molecule has 0 bridgehead atoms. The number of aliphatic hydroxyl groups is 1. The Morgan fingerprint density at radius 2 is 1.94 bits per heavy atom. The zero-order chi connectivity index (χ0) is 13.0. The van der Waals surface area contributed by atoms with Gasteiger partial charge in [-0.1, -0.05) is 30.3 Å². The van der Waals surface area contributed by atoms with Crippen LogP contribution >= 0.6 is 0 Å². The Morgan fingerprint density at radius 1 is 1.22 bits per heavy atom. The van der Waals surface area contributed by atoms with Crippen LogP contribution in [0.25, 0.3) is 0 Å². The summed E-state index contributed by atoms with van der Waals surface area (Å²) in [5.74, 6) is 0.654. The van der Waals surface area contributed by atoms with E-state index in [0.29, 0.717) is 12.2 Å². The molecule has 0 saturated heterocycles. The lowest BCUT2D eigenvalue weighted by Crippen LogP contribution is -2.24. The molecule has 94 valence electrons. The van der Waals surface area contributed by atoms with Gasteiger partial charge in [-0.3, -0.25) is 4.98 Å². The van der Waals surface area contributed by atoms with Crippen LogP contribution in [-0.4, -0.2) is 17.2 Å². The van der Waals surface area contributed by atoms with Crippen molar-refractivity contribution in [1.29, 1.82) is 0 Å². The van der Waals surface area contributed by atoms with Gasteiger partial charge in [0.05, 0.1) is 18.9 Å². The van der Waals surface area contributed by atoms with Crippen LogP contribution < -0.4 is 4.74 Å². The van der Waals surface area contributed by atoms with Gasteiger partial charge in [-0.15, -0.1) is 0 Å². The number of hydrogen-bond donors (Lipinski definition) is 1. The first-order valence-corrected chi connectivity index (χ1v) is 5.87. The first kappa shape index (κ1) is 12.6. The van der Waals surface area contributed by atoms with Crippen LogP contribution in [0.15, 0.2) is 48.8 Å². The number of hydrogen-bond acceptors (Lipinski definition) is 3. The third-order valence-corrected chi connectivity index (χ3v) is 2.96. The lowest BCUT2D eigenvalue weighted by molar-refractivity contribution is 0.0570. The van der Waals surface area contributed by atoms with Gasteiger partial charge in [0.15, 0.2) is 0 Å². The molecular formula is C15H17NO2. The average molecular weight is 243 g/mol. The van der Waals surface area contributed by atoms with E-state index in [4.69, 9.17) is 4.74 Å². The van der Waals surface area contributed by atoms with Crippen LogP contribution in [0.1, 0.15) is 18.1 Å². The number of methoxy groups -OCH3 is 1. The van der Waals surface area contributed by atoms with Gasteiger partial charge in [-0.05, 0) is 18.6 Å². The SMILES string of the molecule is COc1cncc(C(C)(O)Cc2ccccc2)c1. The standard InChI is InChI=1S/C15H17NO2/c1-15(17,9-12-6-4-3-5-7-12)13-8-14(18-2)11-16-10-13/h3-8,10-11,17H,9H2,1-2H3. The molecule has 1 atom stereocenters. The van der Waals surface area contributed by atoms with E-state index < -0.39 is 5.60 Å². The first-order chi connectivity index (χ1) is 8.62. The van der Waals surface area contributed by atoms with Gasteiger partial charge in [0.25, 0.3) is 0 Å². The van der Waals surface area contributed by atoms with E-state index >= 15 is 0 Å². The van der Waals surface area contributed by atoms with E-state index in [9.17, 15) is 5.11 Å². The molecule has 2 rings (SSSR count). The highest BCUT2D eigenvalue weighted by molar-refractivity contribution is 5.29. The maximum Gasteiger partial charge on any atom is 0.137 e. The minimum absolute atomic E-state index is 0.544. The molecule has 0 aliphatic rings. The highest BCUT2D eigenvalue weighted by Crippen LogP contribution is 2.26. The number of rotatable bonds is 4. The molecule has 3 nitrogen and oxygen atoms in total. The van der Waals surface area contributed by atoms with Gasteiger partial charge in [0, 0.05) is 18.2 Å². The van der Waals surface area contributed by atoms with Crippen LogP contribution in [0.2, 0.25) is 0 Å². The molecule has 18 heavy (non-hydrogen) atoms. The number of aromatic nitrogens is 1. The molecule has 1 aromatic heterocycles. The van der Waals surface area contributed by atoms with Gasteiger partial charge < -0.3 is 9.84 Å². The van der Waals surface area contributed by atoms with Crippen molar-refractivity contribution in [2.24, 2.45) is 0 Å². The summed E-state index contributed by atoms with van der Waals surface area (Å²) in [5, 5.41) is 10.6. The summed E-state index contributed by atoms with van der Waals surface area (Å²) in [5.41, 5.74) is 0.888. The number of ether oxygens (including phenoxy) is 1. The highest BCUT2D eigenvalue weighted by atomic mass is 16.5. The molecule has 0 radical (unpaired) electrons. The summed E-state index contributed by atoms with van der Waals surface area (Å²) in [6.07, 6.45) is 3.84. The van der Waals surface area contributed by atoms with Crippen molar-refractivity contribution in [1.82, 2.24) is 4.98 Å².